The molecule has 1 aromatic rings. The summed E-state index contributed by atoms with van der Waals surface area (Å²) in [5, 5.41) is 7.13. The lowest BCUT2D eigenvalue weighted by atomic mass is 9.95. The Morgan fingerprint density at radius 1 is 1.17 bits per heavy atom. The van der Waals surface area contributed by atoms with Gasteiger partial charge in [-0.3, -0.25) is 14.0 Å². The number of benzene rings is 1. The van der Waals surface area contributed by atoms with Gasteiger partial charge < -0.3 is 15.5 Å². The Bertz CT molecular complexity index is 708. The van der Waals surface area contributed by atoms with Crippen LogP contribution in [0.1, 0.15) is 62.4 Å². The lowest BCUT2D eigenvalue weighted by Crippen LogP contribution is -2.46. The fourth-order valence-corrected chi connectivity index (χ4v) is 5.13. The maximum absolute atomic E-state index is 12.4. The summed E-state index contributed by atoms with van der Waals surface area (Å²) in [5.74, 6) is 1.57. The highest BCUT2D eigenvalue weighted by Crippen LogP contribution is 2.23. The van der Waals surface area contributed by atoms with E-state index < -0.39 is 10.8 Å². The third kappa shape index (κ3) is 7.83. The first-order valence-corrected chi connectivity index (χ1v) is 12.1. The molecule has 2 rings (SSSR count). The smallest absolute Gasteiger partial charge is 0.253 e. The molecule has 1 aliphatic rings. The molecule has 1 amide bonds. The van der Waals surface area contributed by atoms with Crippen molar-refractivity contribution < 1.29 is 9.00 Å². The van der Waals surface area contributed by atoms with Crippen molar-refractivity contribution in [1.82, 2.24) is 15.5 Å². The average molecular weight is 549 g/mol. The molecule has 1 saturated carbocycles. The molecule has 0 heterocycles. The van der Waals surface area contributed by atoms with Crippen molar-refractivity contribution in [2.24, 2.45) is 4.99 Å². The molecule has 1 aliphatic carbocycles. The summed E-state index contributed by atoms with van der Waals surface area (Å²) in [6.45, 7) is 8.05. The van der Waals surface area contributed by atoms with E-state index in [0.717, 1.165) is 48.5 Å². The molecule has 2 N–H and O–H groups in total. The van der Waals surface area contributed by atoms with Gasteiger partial charge in [-0.25, -0.2) is 0 Å². The highest BCUT2D eigenvalue weighted by Gasteiger charge is 2.26. The highest BCUT2D eigenvalue weighted by molar-refractivity contribution is 14.0. The van der Waals surface area contributed by atoms with Gasteiger partial charge in [0.15, 0.2) is 5.96 Å². The van der Waals surface area contributed by atoms with Gasteiger partial charge in [-0.2, -0.15) is 0 Å². The second-order valence-electron chi connectivity index (χ2n) is 7.40. The average Bonchev–Trinajstić information content (AvgIpc) is 2.77. The maximum Gasteiger partial charge on any atom is 0.253 e. The van der Waals surface area contributed by atoms with Crippen LogP contribution in [0.3, 0.4) is 0 Å². The molecule has 0 bridgehead atoms. The lowest BCUT2D eigenvalue weighted by molar-refractivity contribution is 0.0773. The van der Waals surface area contributed by atoms with Gasteiger partial charge in [-0.1, -0.05) is 25.5 Å². The van der Waals surface area contributed by atoms with Crippen LogP contribution in [0, 0.1) is 0 Å². The number of nitrogens with zero attached hydrogens (tertiary/aromatic N) is 2. The van der Waals surface area contributed by atoms with Crippen LogP contribution in [0.15, 0.2) is 29.3 Å². The van der Waals surface area contributed by atoms with E-state index in [1.54, 1.807) is 7.05 Å². The molecule has 3 atom stereocenters. The zero-order valence-electron chi connectivity index (χ0n) is 18.6. The first-order chi connectivity index (χ1) is 14.0. The molecule has 0 aromatic heterocycles. The number of carbonyl (C=O) groups excluding carboxylic acids is 1. The Morgan fingerprint density at radius 2 is 1.83 bits per heavy atom. The minimum Gasteiger partial charge on any atom is -0.354 e. The fraction of sp³-hybridized carbons (Fsp3) is 0.636. The summed E-state index contributed by atoms with van der Waals surface area (Å²) in [6, 6.07) is 8.06. The van der Waals surface area contributed by atoms with E-state index in [4.69, 9.17) is 0 Å². The number of rotatable bonds is 8. The summed E-state index contributed by atoms with van der Waals surface area (Å²) in [4.78, 5) is 18.6. The number of guanidine groups is 1. The zero-order chi connectivity index (χ0) is 21.2. The van der Waals surface area contributed by atoms with Gasteiger partial charge in [0, 0.05) is 60.1 Å². The standard InChI is InChI=1S/C22H36N4O2S.HI/c1-5-26(6-2)21(27)18-13-11-17(12-14-18)16-24-22(23-4)25-19-9-8-10-20(15-19)29(28)7-3;/h11-14,19-20H,5-10,15-16H2,1-4H3,(H2,23,24,25);1H. The Morgan fingerprint density at radius 3 is 2.40 bits per heavy atom. The molecule has 1 fully saturated rings. The number of hydrogen-bond donors (Lipinski definition) is 2. The van der Waals surface area contributed by atoms with Crippen molar-refractivity contribution in [1.29, 1.82) is 0 Å². The molecule has 170 valence electrons. The number of halogens is 1. The molecular formula is C22H37IN4O2S. The van der Waals surface area contributed by atoms with Crippen LogP contribution in [-0.2, 0) is 17.3 Å². The molecular weight excluding hydrogens is 511 g/mol. The van der Waals surface area contributed by atoms with Crippen molar-refractivity contribution in [3.05, 3.63) is 35.4 Å². The summed E-state index contributed by atoms with van der Waals surface area (Å²) in [5.41, 5.74) is 1.81. The number of hydrogen-bond acceptors (Lipinski definition) is 3. The number of carbonyl (C=O) groups is 1. The second-order valence-corrected chi connectivity index (χ2v) is 9.40. The zero-order valence-corrected chi connectivity index (χ0v) is 21.8. The maximum atomic E-state index is 12.4. The van der Waals surface area contributed by atoms with Crippen LogP contribution >= 0.6 is 24.0 Å². The summed E-state index contributed by atoms with van der Waals surface area (Å²) >= 11 is 0. The fourth-order valence-electron chi connectivity index (χ4n) is 3.78. The van der Waals surface area contributed by atoms with Gasteiger partial charge in [0.2, 0.25) is 0 Å². The monoisotopic (exact) mass is 548 g/mol. The van der Waals surface area contributed by atoms with Crippen LogP contribution in [0.2, 0.25) is 0 Å². The Labute approximate surface area is 201 Å². The van der Waals surface area contributed by atoms with E-state index >= 15 is 0 Å². The molecule has 1 aromatic carbocycles. The van der Waals surface area contributed by atoms with E-state index in [2.05, 4.69) is 15.6 Å². The SMILES string of the molecule is CCN(CC)C(=O)c1ccc(CNC(=NC)NC2CCCC(S(=O)CC)C2)cc1.I. The lowest BCUT2D eigenvalue weighted by Gasteiger charge is -2.30. The normalized spacial score (nSPS) is 20.1. The number of aliphatic imine (C=N–C) groups is 1. The third-order valence-electron chi connectivity index (χ3n) is 5.56. The molecule has 0 radical (unpaired) electrons. The van der Waals surface area contributed by atoms with Gasteiger partial charge in [-0.15, -0.1) is 24.0 Å². The molecule has 8 heteroatoms. The Hall–Kier alpha value is -1.16. The van der Waals surface area contributed by atoms with Crippen molar-refractivity contribution in [3.63, 3.8) is 0 Å². The number of nitrogens with one attached hydrogen (secondary N) is 2. The van der Waals surface area contributed by atoms with Crippen LogP contribution in [-0.4, -0.2) is 58.2 Å². The first-order valence-electron chi connectivity index (χ1n) is 10.7. The molecule has 0 aliphatic heterocycles. The van der Waals surface area contributed by atoms with Gasteiger partial charge in [0.25, 0.3) is 5.91 Å². The predicted octanol–water partition coefficient (Wildman–Crippen LogP) is 3.53. The topological polar surface area (TPSA) is 73.8 Å². The third-order valence-corrected chi connectivity index (χ3v) is 7.30. The quantitative estimate of drug-likeness (QED) is 0.296. The molecule has 0 spiro atoms. The van der Waals surface area contributed by atoms with Gasteiger partial charge in [0.1, 0.15) is 0 Å². The number of amides is 1. The van der Waals surface area contributed by atoms with Crippen LogP contribution in [0.25, 0.3) is 0 Å². The Balaban J connectivity index is 0.00000450. The van der Waals surface area contributed by atoms with Crippen molar-refractivity contribution in [2.75, 3.05) is 25.9 Å². The minimum absolute atomic E-state index is 0. The molecule has 0 saturated heterocycles. The van der Waals surface area contributed by atoms with E-state index in [1.807, 2.05) is 49.9 Å². The van der Waals surface area contributed by atoms with E-state index in [-0.39, 0.29) is 29.9 Å². The van der Waals surface area contributed by atoms with E-state index in [0.29, 0.717) is 30.9 Å². The highest BCUT2D eigenvalue weighted by atomic mass is 127. The van der Waals surface area contributed by atoms with Crippen LogP contribution < -0.4 is 10.6 Å². The van der Waals surface area contributed by atoms with Crippen LogP contribution in [0.5, 0.6) is 0 Å². The molecule has 30 heavy (non-hydrogen) atoms. The summed E-state index contributed by atoms with van der Waals surface area (Å²) < 4.78 is 12.1. The van der Waals surface area contributed by atoms with Crippen molar-refractivity contribution >= 4 is 46.6 Å². The second kappa shape index (κ2) is 14.0. The van der Waals surface area contributed by atoms with Gasteiger partial charge in [-0.05, 0) is 50.8 Å². The molecule has 3 unspecified atom stereocenters. The summed E-state index contributed by atoms with van der Waals surface area (Å²) in [6.07, 6.45) is 4.18. The van der Waals surface area contributed by atoms with E-state index in [9.17, 15) is 9.00 Å². The van der Waals surface area contributed by atoms with Crippen LogP contribution in [0.4, 0.5) is 0 Å². The van der Waals surface area contributed by atoms with Gasteiger partial charge in [0.05, 0.1) is 0 Å². The van der Waals surface area contributed by atoms with Crippen molar-refractivity contribution in [3.8, 4) is 0 Å². The largest absolute Gasteiger partial charge is 0.354 e. The Kier molecular flexibility index (Phi) is 12.5. The molecule has 6 nitrogen and oxygen atoms in total. The predicted molar refractivity (Wildman–Crippen MR) is 137 cm³/mol. The minimum atomic E-state index is -0.727. The van der Waals surface area contributed by atoms with Crippen molar-refractivity contribution in [2.45, 2.75) is 64.3 Å². The first kappa shape index (κ1) is 26.9. The van der Waals surface area contributed by atoms with E-state index in [1.165, 1.54) is 0 Å². The van der Waals surface area contributed by atoms with Gasteiger partial charge >= 0.3 is 0 Å². The summed E-state index contributed by atoms with van der Waals surface area (Å²) in [7, 11) is 1.04.